The second-order valence-corrected chi connectivity index (χ2v) is 4.96. The lowest BCUT2D eigenvalue weighted by molar-refractivity contribution is 0.0955. The predicted octanol–water partition coefficient (Wildman–Crippen LogP) is 0.396. The van der Waals surface area contributed by atoms with Crippen LogP contribution in [0.3, 0.4) is 0 Å². The largest absolute Gasteiger partial charge is 0.349 e. The van der Waals surface area contributed by atoms with E-state index in [2.05, 4.69) is 19.9 Å². The van der Waals surface area contributed by atoms with E-state index in [0.717, 1.165) is 23.6 Å². The van der Waals surface area contributed by atoms with Crippen LogP contribution in [0.1, 0.15) is 28.0 Å². The summed E-state index contributed by atoms with van der Waals surface area (Å²) in [5.41, 5.74) is 1.27. The van der Waals surface area contributed by atoms with E-state index in [0.29, 0.717) is 23.7 Å². The quantitative estimate of drug-likeness (QED) is 0.861. The van der Waals surface area contributed by atoms with Crippen molar-refractivity contribution in [3.05, 3.63) is 39.0 Å². The molecular formula is C12H15N5O2S. The number of hydrogen-bond donors (Lipinski definition) is 1. The van der Waals surface area contributed by atoms with Gasteiger partial charge < -0.3 is 5.32 Å². The molecule has 0 atom stereocenters. The summed E-state index contributed by atoms with van der Waals surface area (Å²) < 4.78 is 5.18. The van der Waals surface area contributed by atoms with E-state index in [1.54, 1.807) is 6.92 Å². The van der Waals surface area contributed by atoms with E-state index in [9.17, 15) is 9.59 Å². The maximum atomic E-state index is 11.8. The third-order valence-electron chi connectivity index (χ3n) is 2.79. The fourth-order valence-corrected chi connectivity index (χ4v) is 2.21. The predicted molar refractivity (Wildman–Crippen MR) is 74.9 cm³/mol. The summed E-state index contributed by atoms with van der Waals surface area (Å²) in [5, 5.41) is 6.51. The van der Waals surface area contributed by atoms with Crippen LogP contribution in [0.25, 0.3) is 0 Å². The topological polar surface area (TPSA) is 89.8 Å². The van der Waals surface area contributed by atoms with Crippen LogP contribution in [-0.4, -0.2) is 31.6 Å². The average molecular weight is 293 g/mol. The first-order valence-corrected chi connectivity index (χ1v) is 7.01. The summed E-state index contributed by atoms with van der Waals surface area (Å²) in [6.45, 7) is 4.41. The first kappa shape index (κ1) is 14.3. The highest BCUT2D eigenvalue weighted by atomic mass is 32.1. The van der Waals surface area contributed by atoms with Gasteiger partial charge in [0.1, 0.15) is 4.88 Å². The molecule has 106 valence electrons. The summed E-state index contributed by atoms with van der Waals surface area (Å²) >= 11 is 1.06. The van der Waals surface area contributed by atoms with Gasteiger partial charge in [-0.1, -0.05) is 11.4 Å². The standard InChI is InChI=1S/C12H15N5O2S/c1-3-9-6-10(18)17(7-14-9)5-4-13-12(19)11-8(2)15-16-20-11/h6-7H,3-5H2,1-2H3,(H,13,19). The number of hydrogen-bond acceptors (Lipinski definition) is 6. The lowest BCUT2D eigenvalue weighted by Gasteiger charge is -2.07. The van der Waals surface area contributed by atoms with Crippen molar-refractivity contribution in [1.29, 1.82) is 0 Å². The van der Waals surface area contributed by atoms with Crippen molar-refractivity contribution >= 4 is 17.4 Å². The van der Waals surface area contributed by atoms with Gasteiger partial charge in [-0.15, -0.1) is 5.10 Å². The first-order chi connectivity index (χ1) is 9.61. The SMILES string of the molecule is CCc1cc(=O)n(CCNC(=O)c2snnc2C)cn1. The molecule has 0 bridgehead atoms. The number of rotatable bonds is 5. The van der Waals surface area contributed by atoms with Crippen LogP contribution in [0, 0.1) is 6.92 Å². The zero-order valence-electron chi connectivity index (χ0n) is 11.3. The lowest BCUT2D eigenvalue weighted by atomic mass is 10.3. The van der Waals surface area contributed by atoms with Crippen LogP contribution >= 0.6 is 11.5 Å². The highest BCUT2D eigenvalue weighted by molar-refractivity contribution is 7.07. The Morgan fingerprint density at radius 2 is 2.30 bits per heavy atom. The zero-order chi connectivity index (χ0) is 14.5. The Hall–Kier alpha value is -2.09. The number of aromatic nitrogens is 4. The molecule has 1 N–H and O–H groups in total. The fourth-order valence-electron chi connectivity index (χ4n) is 1.63. The average Bonchev–Trinajstić information content (AvgIpc) is 2.86. The molecule has 2 heterocycles. The van der Waals surface area contributed by atoms with Gasteiger partial charge in [-0.2, -0.15) is 0 Å². The summed E-state index contributed by atoms with van der Waals surface area (Å²) in [6, 6.07) is 1.51. The van der Waals surface area contributed by atoms with Gasteiger partial charge in [0.2, 0.25) is 0 Å². The molecule has 0 aliphatic heterocycles. The fraction of sp³-hybridized carbons (Fsp3) is 0.417. The second-order valence-electron chi connectivity index (χ2n) is 4.21. The molecule has 0 aliphatic rings. The Balaban J connectivity index is 1.92. The summed E-state index contributed by atoms with van der Waals surface area (Å²) in [7, 11) is 0. The molecule has 2 aromatic heterocycles. The molecule has 7 nitrogen and oxygen atoms in total. The monoisotopic (exact) mass is 293 g/mol. The second kappa shape index (κ2) is 6.38. The smallest absolute Gasteiger partial charge is 0.265 e. The maximum Gasteiger partial charge on any atom is 0.265 e. The maximum absolute atomic E-state index is 11.8. The molecular weight excluding hydrogens is 278 g/mol. The lowest BCUT2D eigenvalue weighted by Crippen LogP contribution is -2.30. The summed E-state index contributed by atoms with van der Waals surface area (Å²) in [6.07, 6.45) is 2.23. The highest BCUT2D eigenvalue weighted by Gasteiger charge is 2.12. The molecule has 2 rings (SSSR count). The number of nitrogens with zero attached hydrogens (tertiary/aromatic N) is 4. The number of amides is 1. The van der Waals surface area contributed by atoms with Crippen molar-refractivity contribution in [2.45, 2.75) is 26.8 Å². The molecule has 0 saturated heterocycles. The van der Waals surface area contributed by atoms with Crippen LogP contribution in [0.2, 0.25) is 0 Å². The van der Waals surface area contributed by atoms with Crippen molar-refractivity contribution in [2.24, 2.45) is 0 Å². The highest BCUT2D eigenvalue weighted by Crippen LogP contribution is 2.07. The van der Waals surface area contributed by atoms with Gasteiger partial charge in [0.25, 0.3) is 11.5 Å². The van der Waals surface area contributed by atoms with Crippen LogP contribution in [0.4, 0.5) is 0 Å². The van der Waals surface area contributed by atoms with Gasteiger partial charge in [0, 0.05) is 24.8 Å². The minimum atomic E-state index is -0.219. The zero-order valence-corrected chi connectivity index (χ0v) is 12.1. The van der Waals surface area contributed by atoms with Crippen molar-refractivity contribution < 1.29 is 4.79 Å². The first-order valence-electron chi connectivity index (χ1n) is 6.24. The van der Waals surface area contributed by atoms with Crippen molar-refractivity contribution in [2.75, 3.05) is 6.54 Å². The van der Waals surface area contributed by atoms with Gasteiger partial charge >= 0.3 is 0 Å². The number of aryl methyl sites for hydroxylation is 2. The third kappa shape index (κ3) is 3.27. The van der Waals surface area contributed by atoms with Crippen LogP contribution in [0.15, 0.2) is 17.2 Å². The Bertz CT molecular complexity index is 664. The molecule has 8 heteroatoms. The molecule has 1 amide bonds. The summed E-state index contributed by atoms with van der Waals surface area (Å²) in [4.78, 5) is 28.2. The van der Waals surface area contributed by atoms with Gasteiger partial charge in [-0.25, -0.2) is 4.98 Å². The molecule has 0 aliphatic carbocycles. The molecule has 0 aromatic carbocycles. The normalized spacial score (nSPS) is 10.5. The minimum Gasteiger partial charge on any atom is -0.349 e. The molecule has 0 fully saturated rings. The van der Waals surface area contributed by atoms with Crippen LogP contribution in [0.5, 0.6) is 0 Å². The van der Waals surface area contributed by atoms with Gasteiger partial charge in [0.15, 0.2) is 0 Å². The van der Waals surface area contributed by atoms with E-state index in [4.69, 9.17) is 0 Å². The van der Waals surface area contributed by atoms with Crippen molar-refractivity contribution in [1.82, 2.24) is 24.5 Å². The number of carbonyl (C=O) groups excluding carboxylic acids is 1. The molecule has 20 heavy (non-hydrogen) atoms. The Morgan fingerprint density at radius 3 is 2.90 bits per heavy atom. The van der Waals surface area contributed by atoms with E-state index in [-0.39, 0.29) is 11.5 Å². The van der Waals surface area contributed by atoms with Gasteiger partial charge in [-0.05, 0) is 24.9 Å². The number of nitrogens with one attached hydrogen (secondary N) is 1. The minimum absolute atomic E-state index is 0.110. The third-order valence-corrected chi connectivity index (χ3v) is 3.62. The van der Waals surface area contributed by atoms with Gasteiger partial charge in [-0.3, -0.25) is 14.2 Å². The van der Waals surface area contributed by atoms with Crippen LogP contribution < -0.4 is 10.9 Å². The number of carbonyl (C=O) groups is 1. The Labute approximate surface area is 119 Å². The van der Waals surface area contributed by atoms with E-state index in [1.807, 2.05) is 6.92 Å². The van der Waals surface area contributed by atoms with E-state index < -0.39 is 0 Å². The molecule has 0 saturated carbocycles. The Morgan fingerprint density at radius 1 is 1.50 bits per heavy atom. The molecule has 0 radical (unpaired) electrons. The summed E-state index contributed by atoms with van der Waals surface area (Å²) in [5.74, 6) is -0.219. The van der Waals surface area contributed by atoms with Crippen molar-refractivity contribution in [3.8, 4) is 0 Å². The van der Waals surface area contributed by atoms with Crippen molar-refractivity contribution in [3.63, 3.8) is 0 Å². The Kier molecular flexibility index (Phi) is 4.57. The molecule has 0 spiro atoms. The van der Waals surface area contributed by atoms with Crippen LogP contribution in [-0.2, 0) is 13.0 Å². The van der Waals surface area contributed by atoms with E-state index >= 15 is 0 Å². The van der Waals surface area contributed by atoms with Gasteiger partial charge in [0.05, 0.1) is 12.0 Å². The van der Waals surface area contributed by atoms with E-state index in [1.165, 1.54) is 17.0 Å². The molecule has 0 unspecified atom stereocenters. The molecule has 2 aromatic rings.